The number of ether oxygens (including phenoxy) is 2. The molecule has 0 amide bonds. The van der Waals surface area contributed by atoms with Crippen LogP contribution >= 0.6 is 0 Å². The molecule has 4 aliphatic rings. The molecule has 4 heterocycles. The standard InChI is InChI=1S/C15H23N5O2/c1-10-16-12(19-4-7-21-8-5-19)11-13(17-10)20-6-9-22-15(2,3)14(20)18-11/h11,13H,4-9H2,1-3H3. The van der Waals surface area contributed by atoms with Gasteiger partial charge in [-0.1, -0.05) is 0 Å². The van der Waals surface area contributed by atoms with E-state index in [9.17, 15) is 0 Å². The Balaban J connectivity index is 1.69. The third-order valence-electron chi connectivity index (χ3n) is 4.66. The number of rotatable bonds is 0. The first kappa shape index (κ1) is 14.1. The summed E-state index contributed by atoms with van der Waals surface area (Å²) in [6, 6.07) is -0.0159. The summed E-state index contributed by atoms with van der Waals surface area (Å²) in [5, 5.41) is 0. The molecule has 0 spiro atoms. The predicted octanol–water partition coefficient (Wildman–Crippen LogP) is 0.367. The van der Waals surface area contributed by atoms with Gasteiger partial charge in [0.1, 0.15) is 23.1 Å². The monoisotopic (exact) mass is 305 g/mol. The van der Waals surface area contributed by atoms with E-state index in [0.717, 1.165) is 50.4 Å². The van der Waals surface area contributed by atoms with Crippen molar-refractivity contribution in [3.05, 3.63) is 0 Å². The second-order valence-corrected chi connectivity index (χ2v) is 6.61. The molecule has 0 N–H and O–H groups in total. The highest BCUT2D eigenvalue weighted by Crippen LogP contribution is 2.32. The molecule has 2 saturated heterocycles. The van der Waals surface area contributed by atoms with Gasteiger partial charge in [0.05, 0.1) is 19.8 Å². The maximum absolute atomic E-state index is 5.90. The molecule has 120 valence electrons. The Morgan fingerprint density at radius 2 is 1.86 bits per heavy atom. The number of fused-ring (bicyclic) bond motifs is 3. The quantitative estimate of drug-likeness (QED) is 0.648. The van der Waals surface area contributed by atoms with Gasteiger partial charge < -0.3 is 19.3 Å². The zero-order valence-electron chi connectivity index (χ0n) is 13.4. The third kappa shape index (κ3) is 2.14. The molecule has 0 saturated carbocycles. The first-order valence-corrected chi connectivity index (χ1v) is 8.01. The van der Waals surface area contributed by atoms with Crippen LogP contribution in [0.4, 0.5) is 0 Å². The fourth-order valence-electron chi connectivity index (χ4n) is 3.61. The largest absolute Gasteiger partial charge is 0.378 e. The second kappa shape index (κ2) is 5.03. The SMILES string of the molecule is CC1=NC2C(N=C3N2CCOC3(C)C)C(N2CCOCC2)=N1. The molecule has 0 aliphatic carbocycles. The van der Waals surface area contributed by atoms with Crippen molar-refractivity contribution in [3.8, 4) is 0 Å². The fraction of sp³-hybridized carbons (Fsp3) is 0.800. The van der Waals surface area contributed by atoms with Crippen molar-refractivity contribution in [2.75, 3.05) is 39.5 Å². The first-order chi connectivity index (χ1) is 10.6. The van der Waals surface area contributed by atoms with E-state index in [2.05, 4.69) is 23.6 Å². The normalized spacial score (nSPS) is 33.7. The zero-order valence-corrected chi connectivity index (χ0v) is 13.4. The maximum atomic E-state index is 5.90. The summed E-state index contributed by atoms with van der Waals surface area (Å²) in [4.78, 5) is 19.1. The number of aliphatic imine (C=N–C) groups is 3. The van der Waals surface area contributed by atoms with Gasteiger partial charge in [-0.25, -0.2) is 9.98 Å². The van der Waals surface area contributed by atoms with Gasteiger partial charge in [0, 0.05) is 19.6 Å². The van der Waals surface area contributed by atoms with Crippen LogP contribution in [-0.2, 0) is 9.47 Å². The summed E-state index contributed by atoms with van der Waals surface area (Å²) in [6.45, 7) is 10.9. The van der Waals surface area contributed by atoms with Crippen LogP contribution in [-0.4, -0.2) is 84.6 Å². The molecule has 2 atom stereocenters. The average molecular weight is 305 g/mol. The van der Waals surface area contributed by atoms with Crippen molar-refractivity contribution < 1.29 is 9.47 Å². The van der Waals surface area contributed by atoms with Crippen LogP contribution in [0.2, 0.25) is 0 Å². The van der Waals surface area contributed by atoms with E-state index in [1.165, 1.54) is 0 Å². The Kier molecular flexibility index (Phi) is 3.23. The smallest absolute Gasteiger partial charge is 0.154 e. The van der Waals surface area contributed by atoms with Crippen molar-refractivity contribution in [2.24, 2.45) is 15.0 Å². The molecule has 0 radical (unpaired) electrons. The minimum atomic E-state index is -0.352. The number of amidine groups is 3. The highest BCUT2D eigenvalue weighted by Gasteiger charge is 2.49. The lowest BCUT2D eigenvalue weighted by atomic mass is 10.1. The van der Waals surface area contributed by atoms with Crippen LogP contribution in [0, 0.1) is 0 Å². The molecule has 0 aromatic carbocycles. The van der Waals surface area contributed by atoms with E-state index in [1.807, 2.05) is 6.92 Å². The first-order valence-electron chi connectivity index (χ1n) is 8.01. The number of hydrogen-bond donors (Lipinski definition) is 0. The van der Waals surface area contributed by atoms with Crippen LogP contribution in [0.15, 0.2) is 15.0 Å². The lowest BCUT2D eigenvalue weighted by Gasteiger charge is -2.40. The van der Waals surface area contributed by atoms with Crippen molar-refractivity contribution in [3.63, 3.8) is 0 Å². The number of morpholine rings is 2. The van der Waals surface area contributed by atoms with Crippen molar-refractivity contribution in [1.29, 1.82) is 0 Å². The number of nitrogens with zero attached hydrogens (tertiary/aromatic N) is 5. The number of hydrogen-bond acceptors (Lipinski definition) is 7. The van der Waals surface area contributed by atoms with Gasteiger partial charge in [-0.3, -0.25) is 4.99 Å². The van der Waals surface area contributed by atoms with Gasteiger partial charge in [0.25, 0.3) is 0 Å². The molecule has 4 rings (SSSR count). The van der Waals surface area contributed by atoms with E-state index in [-0.39, 0.29) is 17.8 Å². The van der Waals surface area contributed by atoms with Crippen molar-refractivity contribution in [1.82, 2.24) is 9.80 Å². The average Bonchev–Trinajstić information content (AvgIpc) is 2.87. The molecule has 7 nitrogen and oxygen atoms in total. The molecular weight excluding hydrogens is 282 g/mol. The van der Waals surface area contributed by atoms with E-state index in [4.69, 9.17) is 24.5 Å². The Morgan fingerprint density at radius 3 is 2.64 bits per heavy atom. The molecule has 22 heavy (non-hydrogen) atoms. The summed E-state index contributed by atoms with van der Waals surface area (Å²) in [7, 11) is 0. The Bertz CT molecular complexity index is 562. The van der Waals surface area contributed by atoms with E-state index >= 15 is 0 Å². The summed E-state index contributed by atoms with van der Waals surface area (Å²) < 4.78 is 11.4. The molecule has 0 aromatic rings. The molecule has 7 heteroatoms. The Hall–Kier alpha value is -1.47. The van der Waals surface area contributed by atoms with Gasteiger partial charge in [-0.15, -0.1) is 0 Å². The van der Waals surface area contributed by atoms with Crippen molar-refractivity contribution in [2.45, 2.75) is 38.6 Å². The molecule has 0 aromatic heterocycles. The van der Waals surface area contributed by atoms with Gasteiger partial charge in [-0.2, -0.15) is 0 Å². The minimum Gasteiger partial charge on any atom is -0.378 e. The third-order valence-corrected chi connectivity index (χ3v) is 4.66. The van der Waals surface area contributed by atoms with Gasteiger partial charge in [-0.05, 0) is 20.8 Å². The second-order valence-electron chi connectivity index (χ2n) is 6.61. The van der Waals surface area contributed by atoms with Crippen molar-refractivity contribution >= 4 is 17.5 Å². The summed E-state index contributed by atoms with van der Waals surface area (Å²) in [5.41, 5.74) is -0.352. The molecule has 0 bridgehead atoms. The lowest BCUT2D eigenvalue weighted by Crippen LogP contribution is -2.56. The van der Waals surface area contributed by atoms with E-state index in [0.29, 0.717) is 6.61 Å². The predicted molar refractivity (Wildman–Crippen MR) is 84.7 cm³/mol. The van der Waals surface area contributed by atoms with E-state index < -0.39 is 0 Å². The van der Waals surface area contributed by atoms with Crippen LogP contribution in [0.25, 0.3) is 0 Å². The van der Waals surface area contributed by atoms with Crippen LogP contribution in [0.3, 0.4) is 0 Å². The summed E-state index contributed by atoms with van der Waals surface area (Å²) >= 11 is 0. The summed E-state index contributed by atoms with van der Waals surface area (Å²) in [6.07, 6.45) is 0.0357. The molecule has 2 unspecified atom stereocenters. The Morgan fingerprint density at radius 1 is 1.09 bits per heavy atom. The highest BCUT2D eigenvalue weighted by molar-refractivity contribution is 6.05. The van der Waals surface area contributed by atoms with Crippen LogP contribution in [0.5, 0.6) is 0 Å². The lowest BCUT2D eigenvalue weighted by molar-refractivity contribution is -0.00839. The maximum Gasteiger partial charge on any atom is 0.154 e. The molecule has 2 fully saturated rings. The molecule has 4 aliphatic heterocycles. The van der Waals surface area contributed by atoms with Gasteiger partial charge in [0.15, 0.2) is 12.2 Å². The Labute approximate surface area is 130 Å². The molecular formula is C15H23N5O2. The minimum absolute atomic E-state index is 0.0159. The fourth-order valence-corrected chi connectivity index (χ4v) is 3.61. The zero-order chi connectivity index (χ0) is 15.3. The van der Waals surface area contributed by atoms with Gasteiger partial charge >= 0.3 is 0 Å². The van der Waals surface area contributed by atoms with Crippen LogP contribution < -0.4 is 0 Å². The van der Waals surface area contributed by atoms with E-state index in [1.54, 1.807) is 0 Å². The highest BCUT2D eigenvalue weighted by atomic mass is 16.5. The van der Waals surface area contributed by atoms with Gasteiger partial charge in [0.2, 0.25) is 0 Å². The summed E-state index contributed by atoms with van der Waals surface area (Å²) in [5.74, 6) is 2.88. The van der Waals surface area contributed by atoms with Crippen LogP contribution in [0.1, 0.15) is 20.8 Å². The topological polar surface area (TPSA) is 62.0 Å².